The molecule has 1 aliphatic rings. The number of hydrogen-bond donors (Lipinski definition) is 1. The molecular formula is C14H26N4S. The molecule has 0 bridgehead atoms. The quantitative estimate of drug-likeness (QED) is 0.918. The number of thiazole rings is 1. The summed E-state index contributed by atoms with van der Waals surface area (Å²) in [5.41, 5.74) is 1.17. The summed E-state index contributed by atoms with van der Waals surface area (Å²) >= 11 is 1.84. The van der Waals surface area contributed by atoms with Gasteiger partial charge in [0.05, 0.1) is 5.69 Å². The lowest BCUT2D eigenvalue weighted by Crippen LogP contribution is -2.48. The van der Waals surface area contributed by atoms with Crippen molar-refractivity contribution >= 4 is 16.5 Å². The van der Waals surface area contributed by atoms with E-state index < -0.39 is 0 Å². The van der Waals surface area contributed by atoms with Crippen molar-refractivity contribution in [1.29, 1.82) is 0 Å². The topological polar surface area (TPSA) is 31.4 Å². The number of nitrogens with zero attached hydrogens (tertiary/aromatic N) is 3. The van der Waals surface area contributed by atoms with E-state index in [2.05, 4.69) is 42.8 Å². The van der Waals surface area contributed by atoms with Gasteiger partial charge in [0.25, 0.3) is 0 Å². The van der Waals surface area contributed by atoms with E-state index in [1.54, 1.807) is 0 Å². The predicted molar refractivity (Wildman–Crippen MR) is 83.2 cm³/mol. The zero-order chi connectivity index (χ0) is 14.0. The second-order valence-corrected chi connectivity index (χ2v) is 6.58. The molecule has 1 aromatic rings. The first-order chi connectivity index (χ1) is 9.02. The molecule has 1 unspecified atom stereocenters. The molecule has 4 nitrogen and oxygen atoms in total. The van der Waals surface area contributed by atoms with Crippen LogP contribution in [0.15, 0.2) is 0 Å². The maximum Gasteiger partial charge on any atom is 0.185 e. The Morgan fingerprint density at radius 3 is 2.32 bits per heavy atom. The molecule has 1 atom stereocenters. The molecule has 1 saturated heterocycles. The van der Waals surface area contributed by atoms with Gasteiger partial charge in [-0.05, 0) is 34.7 Å². The third-order valence-corrected chi connectivity index (χ3v) is 5.36. The van der Waals surface area contributed by atoms with Crippen molar-refractivity contribution in [2.45, 2.75) is 39.8 Å². The summed E-state index contributed by atoms with van der Waals surface area (Å²) in [6.45, 7) is 13.3. The number of piperazine rings is 1. The third kappa shape index (κ3) is 3.27. The van der Waals surface area contributed by atoms with Gasteiger partial charge in [-0.15, -0.1) is 11.3 Å². The van der Waals surface area contributed by atoms with E-state index in [1.807, 2.05) is 18.4 Å². The minimum Gasteiger partial charge on any atom is -0.346 e. The van der Waals surface area contributed by atoms with Gasteiger partial charge in [0.1, 0.15) is 0 Å². The normalized spacial score (nSPS) is 19.2. The highest BCUT2D eigenvalue weighted by Gasteiger charge is 2.22. The maximum atomic E-state index is 4.76. The molecule has 0 aliphatic carbocycles. The molecular weight excluding hydrogens is 256 g/mol. The molecule has 1 N–H and O–H groups in total. The molecule has 5 heteroatoms. The Labute approximate surface area is 120 Å². The molecule has 0 aromatic carbocycles. The van der Waals surface area contributed by atoms with Crippen LogP contribution in [0.2, 0.25) is 0 Å². The fourth-order valence-electron chi connectivity index (χ4n) is 2.49. The number of rotatable bonds is 4. The van der Waals surface area contributed by atoms with Crippen molar-refractivity contribution in [2.24, 2.45) is 0 Å². The Hall–Kier alpha value is -0.650. The summed E-state index contributed by atoms with van der Waals surface area (Å²) in [6.07, 6.45) is 0. The van der Waals surface area contributed by atoms with Crippen molar-refractivity contribution in [1.82, 2.24) is 15.2 Å². The fourth-order valence-corrected chi connectivity index (χ4v) is 3.67. The molecule has 1 aliphatic heterocycles. The first-order valence-electron chi connectivity index (χ1n) is 7.16. The minimum atomic E-state index is 0.392. The van der Waals surface area contributed by atoms with Crippen LogP contribution in [-0.2, 0) is 0 Å². The maximum absolute atomic E-state index is 4.76. The molecule has 0 amide bonds. The zero-order valence-corrected chi connectivity index (χ0v) is 13.5. The van der Waals surface area contributed by atoms with Gasteiger partial charge in [-0.2, -0.15) is 0 Å². The van der Waals surface area contributed by atoms with Crippen LogP contribution in [0.5, 0.6) is 0 Å². The van der Waals surface area contributed by atoms with Crippen molar-refractivity contribution < 1.29 is 0 Å². The van der Waals surface area contributed by atoms with Crippen LogP contribution in [0.1, 0.15) is 37.4 Å². The summed E-state index contributed by atoms with van der Waals surface area (Å²) in [6, 6.07) is 1.04. The Bertz CT molecular complexity index is 408. The van der Waals surface area contributed by atoms with E-state index in [0.717, 1.165) is 26.2 Å². The van der Waals surface area contributed by atoms with Gasteiger partial charge in [-0.3, -0.25) is 4.90 Å². The van der Waals surface area contributed by atoms with Gasteiger partial charge in [0.15, 0.2) is 5.13 Å². The average Bonchev–Trinajstić information content (AvgIpc) is 2.80. The largest absolute Gasteiger partial charge is 0.346 e. The SMILES string of the molecule is CNC(C)c1sc(N2CCN(C(C)C)CC2)nc1C. The standard InChI is InChI=1S/C14H26N4S/c1-10(2)17-6-8-18(9-7-17)14-16-12(4)13(19-14)11(3)15-5/h10-11,15H,6-9H2,1-5H3. The lowest BCUT2D eigenvalue weighted by atomic mass is 10.2. The molecule has 1 aromatic heterocycles. The van der Waals surface area contributed by atoms with Crippen LogP contribution >= 0.6 is 11.3 Å². The summed E-state index contributed by atoms with van der Waals surface area (Å²) in [5, 5.41) is 4.50. The first-order valence-corrected chi connectivity index (χ1v) is 7.98. The molecule has 2 rings (SSSR count). The Balaban J connectivity index is 2.04. The van der Waals surface area contributed by atoms with E-state index >= 15 is 0 Å². The smallest absolute Gasteiger partial charge is 0.185 e. The van der Waals surface area contributed by atoms with Crippen LogP contribution in [0.25, 0.3) is 0 Å². The first kappa shape index (κ1) is 14.8. The number of aryl methyl sites for hydroxylation is 1. The molecule has 0 saturated carbocycles. The summed E-state index contributed by atoms with van der Waals surface area (Å²) in [4.78, 5) is 11.1. The van der Waals surface area contributed by atoms with Crippen LogP contribution in [-0.4, -0.2) is 49.2 Å². The Morgan fingerprint density at radius 2 is 1.79 bits per heavy atom. The molecule has 1 fully saturated rings. The van der Waals surface area contributed by atoms with E-state index in [4.69, 9.17) is 4.98 Å². The molecule has 19 heavy (non-hydrogen) atoms. The highest BCUT2D eigenvalue weighted by atomic mass is 32.1. The number of anilines is 1. The highest BCUT2D eigenvalue weighted by molar-refractivity contribution is 7.15. The lowest BCUT2D eigenvalue weighted by molar-refractivity contribution is 0.209. The van der Waals surface area contributed by atoms with Gasteiger partial charge >= 0.3 is 0 Å². The number of aromatic nitrogens is 1. The van der Waals surface area contributed by atoms with Crippen LogP contribution in [0, 0.1) is 6.92 Å². The van der Waals surface area contributed by atoms with Crippen molar-refractivity contribution in [3.63, 3.8) is 0 Å². The molecule has 2 heterocycles. The van der Waals surface area contributed by atoms with Crippen LogP contribution < -0.4 is 10.2 Å². The van der Waals surface area contributed by atoms with Gasteiger partial charge in [-0.25, -0.2) is 4.98 Å². The monoisotopic (exact) mass is 282 g/mol. The van der Waals surface area contributed by atoms with Crippen molar-refractivity contribution in [3.8, 4) is 0 Å². The summed E-state index contributed by atoms with van der Waals surface area (Å²) < 4.78 is 0. The van der Waals surface area contributed by atoms with Crippen LogP contribution in [0.4, 0.5) is 5.13 Å². The lowest BCUT2D eigenvalue weighted by Gasteiger charge is -2.36. The zero-order valence-electron chi connectivity index (χ0n) is 12.7. The fraction of sp³-hybridized carbons (Fsp3) is 0.786. The Morgan fingerprint density at radius 1 is 1.16 bits per heavy atom. The van der Waals surface area contributed by atoms with E-state index in [-0.39, 0.29) is 0 Å². The third-order valence-electron chi connectivity index (χ3n) is 3.96. The minimum absolute atomic E-state index is 0.392. The highest BCUT2D eigenvalue weighted by Crippen LogP contribution is 2.31. The second-order valence-electron chi connectivity index (χ2n) is 5.57. The number of nitrogens with one attached hydrogen (secondary N) is 1. The van der Waals surface area contributed by atoms with E-state index in [9.17, 15) is 0 Å². The summed E-state index contributed by atoms with van der Waals surface area (Å²) in [7, 11) is 2.00. The average molecular weight is 282 g/mol. The van der Waals surface area contributed by atoms with Crippen molar-refractivity contribution in [2.75, 3.05) is 38.1 Å². The van der Waals surface area contributed by atoms with E-state index in [1.165, 1.54) is 15.7 Å². The molecule has 0 spiro atoms. The Kier molecular flexibility index (Phi) is 4.81. The van der Waals surface area contributed by atoms with E-state index in [0.29, 0.717) is 12.1 Å². The predicted octanol–water partition coefficient (Wildman–Crippen LogP) is 2.26. The van der Waals surface area contributed by atoms with Gasteiger partial charge in [0, 0.05) is 43.1 Å². The van der Waals surface area contributed by atoms with Crippen molar-refractivity contribution in [3.05, 3.63) is 10.6 Å². The summed E-state index contributed by atoms with van der Waals surface area (Å²) in [5.74, 6) is 0. The van der Waals surface area contributed by atoms with Crippen LogP contribution in [0.3, 0.4) is 0 Å². The van der Waals surface area contributed by atoms with Gasteiger partial charge in [-0.1, -0.05) is 0 Å². The van der Waals surface area contributed by atoms with Gasteiger partial charge < -0.3 is 10.2 Å². The molecule has 108 valence electrons. The molecule has 0 radical (unpaired) electrons. The number of hydrogen-bond acceptors (Lipinski definition) is 5. The van der Waals surface area contributed by atoms with Gasteiger partial charge in [0.2, 0.25) is 0 Å². The second kappa shape index (κ2) is 6.20.